The fourth-order valence-corrected chi connectivity index (χ4v) is 6.38. The Balaban J connectivity index is 0.00000169. The summed E-state index contributed by atoms with van der Waals surface area (Å²) < 4.78 is 5.48. The maximum Gasteiger partial charge on any atom is 0.223 e. The second kappa shape index (κ2) is 7.51. The van der Waals surface area contributed by atoms with Gasteiger partial charge in [0, 0.05) is 25.0 Å². The first-order valence-electron chi connectivity index (χ1n) is 9.66. The lowest BCUT2D eigenvalue weighted by atomic mass is 9.51. The van der Waals surface area contributed by atoms with E-state index in [2.05, 4.69) is 10.6 Å². The van der Waals surface area contributed by atoms with E-state index in [4.69, 9.17) is 4.74 Å². The molecule has 1 amide bonds. The van der Waals surface area contributed by atoms with Crippen LogP contribution in [0.5, 0.6) is 0 Å². The molecule has 0 atom stereocenters. The van der Waals surface area contributed by atoms with Gasteiger partial charge in [0.15, 0.2) is 0 Å². The van der Waals surface area contributed by atoms with Crippen LogP contribution in [0.15, 0.2) is 0 Å². The highest BCUT2D eigenvalue weighted by molar-refractivity contribution is 5.85. The Bertz CT molecular complexity index is 417. The van der Waals surface area contributed by atoms with E-state index in [9.17, 15) is 4.79 Å². The van der Waals surface area contributed by atoms with Crippen LogP contribution in [0.3, 0.4) is 0 Å². The Morgan fingerprint density at radius 3 is 2.21 bits per heavy atom. The van der Waals surface area contributed by atoms with Gasteiger partial charge in [-0.2, -0.15) is 0 Å². The van der Waals surface area contributed by atoms with Gasteiger partial charge in [0.2, 0.25) is 5.91 Å². The van der Waals surface area contributed by atoms with Crippen LogP contribution < -0.4 is 10.6 Å². The lowest BCUT2D eigenvalue weighted by molar-refractivity contribution is -0.139. The molecule has 0 aromatic rings. The smallest absolute Gasteiger partial charge is 0.223 e. The summed E-state index contributed by atoms with van der Waals surface area (Å²) in [6.45, 7) is 3.63. The zero-order chi connectivity index (χ0) is 15.9. The van der Waals surface area contributed by atoms with Gasteiger partial charge in [-0.25, -0.2) is 0 Å². The van der Waals surface area contributed by atoms with Gasteiger partial charge in [0.05, 0.1) is 6.61 Å². The lowest BCUT2D eigenvalue weighted by Crippen LogP contribution is -2.53. The molecule has 4 aliphatic carbocycles. The first kappa shape index (κ1) is 18.5. The largest absolute Gasteiger partial charge is 0.384 e. The van der Waals surface area contributed by atoms with E-state index in [-0.39, 0.29) is 17.8 Å². The second-order valence-electron chi connectivity index (χ2n) is 8.86. The Kier molecular flexibility index (Phi) is 5.78. The quantitative estimate of drug-likeness (QED) is 0.796. The van der Waals surface area contributed by atoms with Crippen molar-refractivity contribution in [2.24, 2.45) is 35.0 Å². The molecular weight excluding hydrogens is 324 g/mol. The molecule has 4 nitrogen and oxygen atoms in total. The van der Waals surface area contributed by atoms with Gasteiger partial charge in [-0.05, 0) is 81.7 Å². The van der Waals surface area contributed by atoms with Crippen molar-refractivity contribution >= 4 is 18.3 Å². The SMILES string of the molecule is COCC1(CNC(=O)C2C3CC4CC(C3)CC2C4)CCNCC1.Cl. The summed E-state index contributed by atoms with van der Waals surface area (Å²) in [5.74, 6) is 3.89. The van der Waals surface area contributed by atoms with Crippen molar-refractivity contribution in [2.75, 3.05) is 33.4 Å². The highest BCUT2D eigenvalue weighted by Crippen LogP contribution is 2.56. The molecule has 0 spiro atoms. The van der Waals surface area contributed by atoms with Crippen molar-refractivity contribution in [1.29, 1.82) is 0 Å². The van der Waals surface area contributed by atoms with Crippen molar-refractivity contribution in [3.63, 3.8) is 0 Å². The van der Waals surface area contributed by atoms with Crippen LogP contribution in [0.4, 0.5) is 0 Å². The number of amides is 1. The molecule has 0 radical (unpaired) electrons. The van der Waals surface area contributed by atoms with Crippen LogP contribution in [0.25, 0.3) is 0 Å². The molecule has 0 unspecified atom stereocenters. The number of hydrogen-bond acceptors (Lipinski definition) is 3. The van der Waals surface area contributed by atoms with Crippen LogP contribution in [0, 0.1) is 35.0 Å². The summed E-state index contributed by atoms with van der Waals surface area (Å²) in [7, 11) is 1.78. The zero-order valence-corrected chi connectivity index (χ0v) is 15.7. The van der Waals surface area contributed by atoms with Gasteiger partial charge in [-0.1, -0.05) is 0 Å². The van der Waals surface area contributed by atoms with Crippen LogP contribution in [0.2, 0.25) is 0 Å². The molecule has 0 aromatic carbocycles. The van der Waals surface area contributed by atoms with Crippen LogP contribution in [0.1, 0.15) is 44.9 Å². The molecule has 5 fully saturated rings. The van der Waals surface area contributed by atoms with E-state index in [1.54, 1.807) is 7.11 Å². The third kappa shape index (κ3) is 3.47. The van der Waals surface area contributed by atoms with Crippen LogP contribution in [-0.4, -0.2) is 39.3 Å². The molecule has 5 rings (SSSR count). The number of nitrogens with one attached hydrogen (secondary N) is 2. The number of carbonyl (C=O) groups is 1. The highest BCUT2D eigenvalue weighted by atomic mass is 35.5. The van der Waals surface area contributed by atoms with Crippen LogP contribution in [-0.2, 0) is 9.53 Å². The number of piperidine rings is 1. The maximum absolute atomic E-state index is 13.0. The minimum Gasteiger partial charge on any atom is -0.384 e. The first-order chi connectivity index (χ1) is 11.2. The third-order valence-electron chi connectivity index (χ3n) is 7.28. The summed E-state index contributed by atoms with van der Waals surface area (Å²) in [5.41, 5.74) is 0.140. The molecule has 1 aliphatic heterocycles. The Labute approximate surface area is 152 Å². The number of carbonyl (C=O) groups excluding carboxylic acids is 1. The molecular formula is C19H33ClN2O2. The van der Waals surface area contributed by atoms with E-state index >= 15 is 0 Å². The molecule has 24 heavy (non-hydrogen) atoms. The van der Waals surface area contributed by atoms with Gasteiger partial charge >= 0.3 is 0 Å². The van der Waals surface area contributed by atoms with E-state index in [1.807, 2.05) is 0 Å². The van der Waals surface area contributed by atoms with Crippen molar-refractivity contribution in [1.82, 2.24) is 10.6 Å². The minimum absolute atomic E-state index is 0. The predicted octanol–water partition coefficient (Wildman–Crippen LogP) is 2.61. The molecule has 1 saturated heterocycles. The highest BCUT2D eigenvalue weighted by Gasteiger charge is 2.50. The molecule has 5 heteroatoms. The number of hydrogen-bond donors (Lipinski definition) is 2. The third-order valence-corrected chi connectivity index (χ3v) is 7.28. The number of ether oxygens (including phenoxy) is 1. The monoisotopic (exact) mass is 356 g/mol. The van der Waals surface area contributed by atoms with E-state index in [0.717, 1.165) is 50.9 Å². The molecule has 5 aliphatic rings. The summed E-state index contributed by atoms with van der Waals surface area (Å²) in [6, 6.07) is 0. The average Bonchev–Trinajstić information content (AvgIpc) is 2.53. The summed E-state index contributed by atoms with van der Waals surface area (Å²) >= 11 is 0. The first-order valence-corrected chi connectivity index (χ1v) is 9.66. The Morgan fingerprint density at radius 1 is 1.08 bits per heavy atom. The topological polar surface area (TPSA) is 50.4 Å². The fourth-order valence-electron chi connectivity index (χ4n) is 6.38. The van der Waals surface area contributed by atoms with E-state index in [0.29, 0.717) is 23.7 Å². The fraction of sp³-hybridized carbons (Fsp3) is 0.947. The molecule has 4 bridgehead atoms. The van der Waals surface area contributed by atoms with Crippen molar-refractivity contribution in [3.8, 4) is 0 Å². The normalized spacial score (nSPS) is 39.3. The van der Waals surface area contributed by atoms with Crippen LogP contribution >= 0.6 is 12.4 Å². The number of rotatable bonds is 5. The lowest BCUT2D eigenvalue weighted by Gasteiger charge is -2.53. The van der Waals surface area contributed by atoms with Gasteiger partial charge in [0.1, 0.15) is 0 Å². The van der Waals surface area contributed by atoms with Gasteiger partial charge in [0.25, 0.3) is 0 Å². The number of methoxy groups -OCH3 is 1. The summed E-state index contributed by atoms with van der Waals surface area (Å²) in [5, 5.41) is 6.78. The molecule has 4 saturated carbocycles. The molecule has 2 N–H and O–H groups in total. The Morgan fingerprint density at radius 2 is 1.67 bits per heavy atom. The zero-order valence-electron chi connectivity index (χ0n) is 14.9. The molecule has 138 valence electrons. The van der Waals surface area contributed by atoms with Gasteiger partial charge in [-0.3, -0.25) is 4.79 Å². The summed E-state index contributed by atoms with van der Waals surface area (Å²) in [4.78, 5) is 13.0. The standard InChI is InChI=1S/C19H32N2O2.ClH/c1-23-12-19(2-4-20-5-3-19)11-21-18(22)17-15-7-13-6-14(9-15)10-16(17)8-13;/h13-17,20H,2-12H2,1H3,(H,21,22);1H. The average molecular weight is 357 g/mol. The number of halogens is 1. The summed E-state index contributed by atoms with van der Waals surface area (Å²) in [6.07, 6.45) is 8.92. The van der Waals surface area contributed by atoms with E-state index in [1.165, 1.54) is 32.1 Å². The second-order valence-corrected chi connectivity index (χ2v) is 8.86. The predicted molar refractivity (Wildman–Crippen MR) is 97.2 cm³/mol. The van der Waals surface area contributed by atoms with Crippen molar-refractivity contribution in [3.05, 3.63) is 0 Å². The molecule has 0 aromatic heterocycles. The minimum atomic E-state index is 0. The van der Waals surface area contributed by atoms with Gasteiger partial charge < -0.3 is 15.4 Å². The Hall–Kier alpha value is -0.320. The molecule has 1 heterocycles. The van der Waals surface area contributed by atoms with Gasteiger partial charge in [-0.15, -0.1) is 12.4 Å². The van der Waals surface area contributed by atoms with Crippen molar-refractivity contribution < 1.29 is 9.53 Å². The van der Waals surface area contributed by atoms with E-state index < -0.39 is 0 Å². The maximum atomic E-state index is 13.0. The van der Waals surface area contributed by atoms with Crippen molar-refractivity contribution in [2.45, 2.75) is 44.9 Å².